The van der Waals surface area contributed by atoms with Crippen molar-refractivity contribution in [3.63, 3.8) is 0 Å². The smallest absolute Gasteiger partial charge is 0.0750 e. The topological polar surface area (TPSA) is 30.5 Å². The Morgan fingerprint density at radius 3 is 2.44 bits per heavy atom. The number of hydrogen-bond acceptors (Lipinski definition) is 3. The third kappa shape index (κ3) is 2.59. The largest absolute Gasteiger partial charge is 0.378 e. The lowest BCUT2D eigenvalue weighted by Crippen LogP contribution is -2.67. The Bertz CT molecular complexity index is 274. The van der Waals surface area contributed by atoms with Crippen LogP contribution in [0.4, 0.5) is 0 Å². The van der Waals surface area contributed by atoms with E-state index in [1.165, 1.54) is 25.7 Å². The fraction of sp³-hybridized carbons (Fsp3) is 1.00. The van der Waals surface area contributed by atoms with Crippen molar-refractivity contribution in [2.24, 2.45) is 5.41 Å². The molecule has 1 N–H and O–H groups in total. The highest BCUT2D eigenvalue weighted by atomic mass is 16.5. The Morgan fingerprint density at radius 1 is 1.22 bits per heavy atom. The van der Waals surface area contributed by atoms with Crippen LogP contribution >= 0.6 is 0 Å². The summed E-state index contributed by atoms with van der Waals surface area (Å²) in [6, 6.07) is 0.641. The average Bonchev–Trinajstić information content (AvgIpc) is 2.19. The van der Waals surface area contributed by atoms with E-state index < -0.39 is 0 Å². The Morgan fingerprint density at radius 2 is 1.94 bits per heavy atom. The standard InChI is InChI=1S/C15H29NO2/c1-5-17-13-10-12(15(13)8-7-9-15)16-11-14(3,4)18-6-2/h12-13,16H,5-11H2,1-4H3. The van der Waals surface area contributed by atoms with Crippen molar-refractivity contribution >= 4 is 0 Å². The van der Waals surface area contributed by atoms with Gasteiger partial charge in [0.05, 0.1) is 11.7 Å². The number of nitrogens with one attached hydrogen (secondary N) is 1. The zero-order valence-electron chi connectivity index (χ0n) is 12.4. The van der Waals surface area contributed by atoms with E-state index in [1.54, 1.807) is 0 Å². The molecule has 2 aliphatic carbocycles. The molecule has 0 aromatic rings. The first-order chi connectivity index (χ1) is 8.54. The van der Waals surface area contributed by atoms with Crippen LogP contribution in [0.2, 0.25) is 0 Å². The summed E-state index contributed by atoms with van der Waals surface area (Å²) in [5, 5.41) is 3.72. The van der Waals surface area contributed by atoms with Crippen LogP contribution in [-0.2, 0) is 9.47 Å². The summed E-state index contributed by atoms with van der Waals surface area (Å²) in [5.74, 6) is 0. The maximum Gasteiger partial charge on any atom is 0.0750 e. The summed E-state index contributed by atoms with van der Waals surface area (Å²) in [6.45, 7) is 11.1. The summed E-state index contributed by atoms with van der Waals surface area (Å²) < 4.78 is 11.6. The van der Waals surface area contributed by atoms with Crippen molar-refractivity contribution in [2.45, 2.75) is 71.1 Å². The molecule has 2 fully saturated rings. The van der Waals surface area contributed by atoms with E-state index in [1.807, 2.05) is 0 Å². The Kier molecular flexibility index (Phi) is 4.35. The van der Waals surface area contributed by atoms with Crippen molar-refractivity contribution in [3.05, 3.63) is 0 Å². The van der Waals surface area contributed by atoms with Gasteiger partial charge in [0.25, 0.3) is 0 Å². The van der Waals surface area contributed by atoms with Crippen molar-refractivity contribution in [3.8, 4) is 0 Å². The lowest BCUT2D eigenvalue weighted by Gasteiger charge is -2.61. The van der Waals surface area contributed by atoms with Crippen LogP contribution in [0.5, 0.6) is 0 Å². The van der Waals surface area contributed by atoms with Gasteiger partial charge in [-0.1, -0.05) is 6.42 Å². The zero-order chi connectivity index (χ0) is 13.2. The third-order valence-corrected chi connectivity index (χ3v) is 4.75. The maximum absolute atomic E-state index is 5.87. The summed E-state index contributed by atoms with van der Waals surface area (Å²) >= 11 is 0. The first kappa shape index (κ1) is 14.3. The van der Waals surface area contributed by atoms with E-state index in [9.17, 15) is 0 Å². The molecule has 1 spiro atoms. The first-order valence-corrected chi connectivity index (χ1v) is 7.53. The summed E-state index contributed by atoms with van der Waals surface area (Å²) in [4.78, 5) is 0. The third-order valence-electron chi connectivity index (χ3n) is 4.75. The predicted molar refractivity (Wildman–Crippen MR) is 73.8 cm³/mol. The van der Waals surface area contributed by atoms with Crippen molar-refractivity contribution in [1.29, 1.82) is 0 Å². The Hall–Kier alpha value is -0.120. The van der Waals surface area contributed by atoms with E-state index in [0.717, 1.165) is 19.8 Å². The second-order valence-corrected chi connectivity index (χ2v) is 6.39. The molecule has 0 aromatic carbocycles. The second kappa shape index (κ2) is 5.48. The molecule has 0 heterocycles. The Labute approximate surface area is 112 Å². The van der Waals surface area contributed by atoms with Gasteiger partial charge in [-0.15, -0.1) is 0 Å². The van der Waals surface area contributed by atoms with Gasteiger partial charge in [0.2, 0.25) is 0 Å². The molecular weight excluding hydrogens is 226 g/mol. The molecular formula is C15H29NO2. The van der Waals surface area contributed by atoms with Gasteiger partial charge < -0.3 is 14.8 Å². The quantitative estimate of drug-likeness (QED) is 0.759. The monoisotopic (exact) mass is 255 g/mol. The summed E-state index contributed by atoms with van der Waals surface area (Å²) in [7, 11) is 0. The van der Waals surface area contributed by atoms with E-state index in [4.69, 9.17) is 9.47 Å². The molecule has 0 aliphatic heterocycles. The lowest BCUT2D eigenvalue weighted by molar-refractivity contribution is -0.175. The molecule has 3 heteroatoms. The second-order valence-electron chi connectivity index (χ2n) is 6.39. The van der Waals surface area contributed by atoms with Crippen LogP contribution in [0.15, 0.2) is 0 Å². The number of ether oxygens (including phenoxy) is 2. The minimum absolute atomic E-state index is 0.0591. The van der Waals surface area contributed by atoms with E-state index in [-0.39, 0.29) is 5.60 Å². The van der Waals surface area contributed by atoms with Crippen LogP contribution in [0, 0.1) is 5.41 Å². The minimum atomic E-state index is -0.0591. The van der Waals surface area contributed by atoms with E-state index in [0.29, 0.717) is 17.6 Å². The molecule has 2 unspecified atom stereocenters. The molecule has 0 bridgehead atoms. The van der Waals surface area contributed by atoms with Crippen molar-refractivity contribution < 1.29 is 9.47 Å². The molecule has 2 aliphatic rings. The highest BCUT2D eigenvalue weighted by Crippen LogP contribution is 2.57. The summed E-state index contributed by atoms with van der Waals surface area (Å²) in [5.41, 5.74) is 0.398. The first-order valence-electron chi connectivity index (χ1n) is 7.53. The summed E-state index contributed by atoms with van der Waals surface area (Å²) in [6.07, 6.45) is 5.73. The molecule has 0 aromatic heterocycles. The van der Waals surface area contributed by atoms with Crippen LogP contribution in [0.25, 0.3) is 0 Å². The molecule has 2 saturated carbocycles. The fourth-order valence-electron chi connectivity index (χ4n) is 3.54. The van der Waals surface area contributed by atoms with Gasteiger partial charge in [-0.05, 0) is 47.0 Å². The van der Waals surface area contributed by atoms with E-state index in [2.05, 4.69) is 33.0 Å². The molecule has 106 valence electrons. The minimum Gasteiger partial charge on any atom is -0.378 e. The highest BCUT2D eigenvalue weighted by Gasteiger charge is 2.58. The van der Waals surface area contributed by atoms with Gasteiger partial charge in [-0.25, -0.2) is 0 Å². The molecule has 2 atom stereocenters. The molecule has 2 rings (SSSR count). The Balaban J connectivity index is 1.81. The predicted octanol–water partition coefficient (Wildman–Crippen LogP) is 2.74. The van der Waals surface area contributed by atoms with Crippen molar-refractivity contribution in [1.82, 2.24) is 5.32 Å². The van der Waals surface area contributed by atoms with Gasteiger partial charge in [-0.3, -0.25) is 0 Å². The van der Waals surface area contributed by atoms with Gasteiger partial charge >= 0.3 is 0 Å². The molecule has 3 nitrogen and oxygen atoms in total. The van der Waals surface area contributed by atoms with Crippen LogP contribution in [-0.4, -0.2) is 37.5 Å². The number of hydrogen-bond donors (Lipinski definition) is 1. The fourth-order valence-corrected chi connectivity index (χ4v) is 3.54. The van der Waals surface area contributed by atoms with Gasteiger partial charge in [0.15, 0.2) is 0 Å². The van der Waals surface area contributed by atoms with Gasteiger partial charge in [0, 0.05) is 31.2 Å². The lowest BCUT2D eigenvalue weighted by atomic mass is 9.51. The maximum atomic E-state index is 5.87. The molecule has 0 saturated heterocycles. The van der Waals surface area contributed by atoms with Crippen molar-refractivity contribution in [2.75, 3.05) is 19.8 Å². The SMILES string of the molecule is CCOC1CC(NCC(C)(C)OCC)C12CCC2. The molecule has 0 radical (unpaired) electrons. The normalized spacial score (nSPS) is 30.0. The molecule has 0 amide bonds. The average molecular weight is 255 g/mol. The molecule has 18 heavy (non-hydrogen) atoms. The van der Waals surface area contributed by atoms with Crippen LogP contribution in [0.3, 0.4) is 0 Å². The highest BCUT2D eigenvalue weighted by molar-refractivity contribution is 5.12. The zero-order valence-corrected chi connectivity index (χ0v) is 12.4. The van der Waals surface area contributed by atoms with Gasteiger partial charge in [-0.2, -0.15) is 0 Å². The number of rotatable bonds is 7. The van der Waals surface area contributed by atoms with E-state index >= 15 is 0 Å². The van der Waals surface area contributed by atoms with Crippen LogP contribution < -0.4 is 5.32 Å². The van der Waals surface area contributed by atoms with Gasteiger partial charge in [0.1, 0.15) is 0 Å². The van der Waals surface area contributed by atoms with Crippen LogP contribution in [0.1, 0.15) is 53.4 Å².